The Morgan fingerprint density at radius 2 is 2.07 bits per heavy atom. The summed E-state index contributed by atoms with van der Waals surface area (Å²) in [5, 5.41) is 9.71. The van der Waals surface area contributed by atoms with E-state index < -0.39 is 5.60 Å². The third-order valence-electron chi connectivity index (χ3n) is 2.38. The van der Waals surface area contributed by atoms with Crippen molar-refractivity contribution in [2.45, 2.75) is 32.3 Å². The van der Waals surface area contributed by atoms with Crippen molar-refractivity contribution in [1.29, 1.82) is 0 Å². The minimum Gasteiger partial charge on any atom is -0.466 e. The molecule has 0 saturated carbocycles. The van der Waals surface area contributed by atoms with Crippen LogP contribution in [0.15, 0.2) is 23.3 Å². The maximum Gasteiger partial charge on any atom is 0.333 e. The quantitative estimate of drug-likeness (QED) is 0.682. The van der Waals surface area contributed by atoms with Gasteiger partial charge in [0.2, 0.25) is 0 Å². The molecule has 0 aromatic rings. The third kappa shape index (κ3) is 2.45. The zero-order chi connectivity index (χ0) is 10.8. The van der Waals surface area contributed by atoms with Crippen molar-refractivity contribution >= 4 is 5.97 Å². The maximum absolute atomic E-state index is 11.1. The van der Waals surface area contributed by atoms with E-state index in [1.54, 1.807) is 26.0 Å². The van der Waals surface area contributed by atoms with Gasteiger partial charge in [-0.1, -0.05) is 12.2 Å². The highest BCUT2D eigenvalue weighted by molar-refractivity contribution is 5.89. The van der Waals surface area contributed by atoms with Crippen LogP contribution in [0, 0.1) is 0 Å². The summed E-state index contributed by atoms with van der Waals surface area (Å²) in [6.45, 7) is 3.49. The number of carbonyl (C=O) groups is 1. The average molecular weight is 196 g/mol. The van der Waals surface area contributed by atoms with Crippen LogP contribution in [-0.4, -0.2) is 23.8 Å². The summed E-state index contributed by atoms with van der Waals surface area (Å²) in [6.07, 6.45) is 4.88. The monoisotopic (exact) mass is 196 g/mol. The summed E-state index contributed by atoms with van der Waals surface area (Å²) in [5.74, 6) is -0.281. The van der Waals surface area contributed by atoms with Crippen molar-refractivity contribution in [3.63, 3.8) is 0 Å². The molecule has 14 heavy (non-hydrogen) atoms. The van der Waals surface area contributed by atoms with E-state index in [0.29, 0.717) is 18.4 Å². The van der Waals surface area contributed by atoms with Crippen molar-refractivity contribution in [2.75, 3.05) is 7.11 Å². The second-order valence-electron chi connectivity index (χ2n) is 3.93. The topological polar surface area (TPSA) is 46.5 Å². The van der Waals surface area contributed by atoms with Crippen LogP contribution in [0.1, 0.15) is 26.7 Å². The zero-order valence-electron chi connectivity index (χ0n) is 8.83. The normalized spacial score (nSPS) is 17.1. The lowest BCUT2D eigenvalue weighted by molar-refractivity contribution is -0.136. The fourth-order valence-electron chi connectivity index (χ4n) is 1.45. The molecule has 3 heteroatoms. The Balaban J connectivity index is 2.79. The first-order chi connectivity index (χ1) is 6.45. The van der Waals surface area contributed by atoms with Gasteiger partial charge in [0.15, 0.2) is 0 Å². The van der Waals surface area contributed by atoms with Crippen molar-refractivity contribution in [2.24, 2.45) is 0 Å². The molecule has 0 aliphatic heterocycles. The second-order valence-corrected chi connectivity index (χ2v) is 3.93. The molecule has 78 valence electrons. The summed E-state index contributed by atoms with van der Waals surface area (Å²) < 4.78 is 4.61. The fourth-order valence-corrected chi connectivity index (χ4v) is 1.45. The molecule has 0 aromatic carbocycles. The molecule has 1 N–H and O–H groups in total. The zero-order valence-corrected chi connectivity index (χ0v) is 8.83. The molecule has 1 aliphatic rings. The molecule has 0 heterocycles. The van der Waals surface area contributed by atoms with Gasteiger partial charge in [0, 0.05) is 5.57 Å². The molecule has 1 rings (SSSR count). The van der Waals surface area contributed by atoms with Gasteiger partial charge in [0.1, 0.15) is 0 Å². The van der Waals surface area contributed by atoms with Crippen LogP contribution in [0.4, 0.5) is 0 Å². The Bertz CT molecular complexity index is 292. The molecule has 0 fully saturated rings. The number of esters is 1. The van der Waals surface area contributed by atoms with Gasteiger partial charge >= 0.3 is 5.97 Å². The second kappa shape index (κ2) is 3.96. The van der Waals surface area contributed by atoms with Crippen LogP contribution in [-0.2, 0) is 9.53 Å². The summed E-state index contributed by atoms with van der Waals surface area (Å²) in [7, 11) is 1.37. The molecular formula is C11H16O3. The molecule has 0 aromatic heterocycles. The van der Waals surface area contributed by atoms with Crippen LogP contribution in [0.3, 0.4) is 0 Å². The van der Waals surface area contributed by atoms with Gasteiger partial charge in [-0.3, -0.25) is 0 Å². The number of hydrogen-bond acceptors (Lipinski definition) is 3. The Hall–Kier alpha value is -1.09. The number of methoxy groups -OCH3 is 1. The van der Waals surface area contributed by atoms with E-state index in [1.165, 1.54) is 7.11 Å². The van der Waals surface area contributed by atoms with Gasteiger partial charge in [-0.2, -0.15) is 0 Å². The Morgan fingerprint density at radius 3 is 2.43 bits per heavy atom. The van der Waals surface area contributed by atoms with Crippen LogP contribution < -0.4 is 0 Å². The lowest BCUT2D eigenvalue weighted by atomic mass is 9.88. The van der Waals surface area contributed by atoms with E-state index in [0.717, 1.165) is 5.57 Å². The summed E-state index contributed by atoms with van der Waals surface area (Å²) in [5.41, 5.74) is 0.823. The minimum absolute atomic E-state index is 0.281. The van der Waals surface area contributed by atoms with Crippen molar-refractivity contribution in [1.82, 2.24) is 0 Å². The molecular weight excluding hydrogens is 180 g/mol. The summed E-state index contributed by atoms with van der Waals surface area (Å²) in [4.78, 5) is 11.1. The lowest BCUT2D eigenvalue weighted by Gasteiger charge is -2.24. The highest BCUT2D eigenvalue weighted by Gasteiger charge is 2.22. The van der Waals surface area contributed by atoms with Gasteiger partial charge in [-0.25, -0.2) is 4.79 Å². The smallest absolute Gasteiger partial charge is 0.333 e. The SMILES string of the molecule is COC(=O)C1=CC=C(C(C)(C)O)CC1. The van der Waals surface area contributed by atoms with E-state index in [2.05, 4.69) is 4.74 Å². The van der Waals surface area contributed by atoms with Crippen molar-refractivity contribution < 1.29 is 14.6 Å². The molecule has 0 saturated heterocycles. The number of carbonyl (C=O) groups excluding carboxylic acids is 1. The lowest BCUT2D eigenvalue weighted by Crippen LogP contribution is -2.23. The van der Waals surface area contributed by atoms with E-state index >= 15 is 0 Å². The highest BCUT2D eigenvalue weighted by Crippen LogP contribution is 2.27. The first kappa shape index (κ1) is 11.0. The van der Waals surface area contributed by atoms with Crippen LogP contribution in [0.25, 0.3) is 0 Å². The number of aliphatic hydroxyl groups is 1. The van der Waals surface area contributed by atoms with Gasteiger partial charge in [-0.15, -0.1) is 0 Å². The van der Waals surface area contributed by atoms with E-state index in [9.17, 15) is 9.90 Å². The number of rotatable bonds is 2. The first-order valence-electron chi connectivity index (χ1n) is 4.66. The Morgan fingerprint density at radius 1 is 1.43 bits per heavy atom. The molecule has 0 amide bonds. The molecule has 3 nitrogen and oxygen atoms in total. The maximum atomic E-state index is 11.1. The van der Waals surface area contributed by atoms with E-state index in [4.69, 9.17) is 0 Å². The van der Waals surface area contributed by atoms with Crippen molar-refractivity contribution in [3.8, 4) is 0 Å². The number of hydrogen-bond donors (Lipinski definition) is 1. The van der Waals surface area contributed by atoms with Crippen LogP contribution >= 0.6 is 0 Å². The van der Waals surface area contributed by atoms with Gasteiger partial charge in [0.25, 0.3) is 0 Å². The average Bonchev–Trinajstić information content (AvgIpc) is 2.15. The third-order valence-corrected chi connectivity index (χ3v) is 2.38. The first-order valence-corrected chi connectivity index (χ1v) is 4.66. The number of ether oxygens (including phenoxy) is 1. The molecule has 0 unspecified atom stereocenters. The Labute approximate surface area is 84.1 Å². The van der Waals surface area contributed by atoms with Gasteiger partial charge in [-0.05, 0) is 32.3 Å². The summed E-state index contributed by atoms with van der Waals surface area (Å²) >= 11 is 0. The molecule has 0 spiro atoms. The minimum atomic E-state index is -0.794. The van der Waals surface area contributed by atoms with E-state index in [-0.39, 0.29) is 5.97 Å². The Kier molecular flexibility index (Phi) is 3.11. The number of allylic oxidation sites excluding steroid dienone is 2. The van der Waals surface area contributed by atoms with Crippen LogP contribution in [0.5, 0.6) is 0 Å². The molecule has 0 atom stereocenters. The van der Waals surface area contributed by atoms with Gasteiger partial charge < -0.3 is 9.84 Å². The predicted molar refractivity (Wildman–Crippen MR) is 53.7 cm³/mol. The highest BCUT2D eigenvalue weighted by atomic mass is 16.5. The predicted octanol–water partition coefficient (Wildman–Crippen LogP) is 1.58. The van der Waals surface area contributed by atoms with E-state index in [1.807, 2.05) is 0 Å². The molecule has 0 radical (unpaired) electrons. The van der Waals surface area contributed by atoms with Crippen LogP contribution in [0.2, 0.25) is 0 Å². The fraction of sp³-hybridized carbons (Fsp3) is 0.545. The summed E-state index contributed by atoms with van der Waals surface area (Å²) in [6, 6.07) is 0. The standard InChI is InChI=1S/C11H16O3/c1-11(2,13)9-6-4-8(5-7-9)10(12)14-3/h4,6,13H,5,7H2,1-3H3. The molecule has 1 aliphatic carbocycles. The van der Waals surface area contributed by atoms with Gasteiger partial charge in [0.05, 0.1) is 12.7 Å². The molecule has 0 bridgehead atoms. The largest absolute Gasteiger partial charge is 0.466 e. The van der Waals surface area contributed by atoms with Crippen molar-refractivity contribution in [3.05, 3.63) is 23.3 Å².